The molecule has 0 aliphatic rings. The van der Waals surface area contributed by atoms with E-state index in [9.17, 15) is 0 Å². The SMILES string of the molecule is C=C(/C=C\C(=C)C(=C)/C=C\C(=C)C(C)CCC(C)CC)CC.CC.CCO.N. The Bertz CT molecular complexity index is 483. The fraction of sp³-hybridized carbons (Fsp3) is 0.538. The molecule has 0 aromatic heterocycles. The van der Waals surface area contributed by atoms with E-state index < -0.39 is 0 Å². The third kappa shape index (κ3) is 20.7. The molecule has 0 saturated heterocycles. The standard InChI is InChI=1S/C22H34.C2H6O.C2H6.H3N/c1-9-17(3)11-13-19(5)21(7)15-16-22(8)20(6)14-12-18(4)10-2;1-2-3;1-2;/h11,13,15-16,18,20H,3,5,7-10,12,14H2,1-2,4,6H3;3H,2H2,1H3;1-2H3;1H3/b13-11-,16-15-;;;. The van der Waals surface area contributed by atoms with Gasteiger partial charge >= 0.3 is 0 Å². The molecule has 0 heterocycles. The second-order valence-electron chi connectivity index (χ2n) is 6.61. The van der Waals surface area contributed by atoms with E-state index in [1.165, 1.54) is 24.8 Å². The van der Waals surface area contributed by atoms with Gasteiger partial charge in [0.1, 0.15) is 0 Å². The predicted octanol–water partition coefficient (Wildman–Crippen LogP) is 8.38. The fourth-order valence-corrected chi connectivity index (χ4v) is 1.85. The molecule has 0 rings (SSSR count). The topological polar surface area (TPSA) is 55.2 Å². The van der Waals surface area contributed by atoms with E-state index in [0.717, 1.165) is 29.1 Å². The van der Waals surface area contributed by atoms with Crippen LogP contribution >= 0.6 is 0 Å². The van der Waals surface area contributed by atoms with Crippen LogP contribution in [0.25, 0.3) is 0 Å². The van der Waals surface area contributed by atoms with E-state index in [1.54, 1.807) is 6.92 Å². The Hall–Kier alpha value is -1.64. The first-order valence-electron chi connectivity index (χ1n) is 10.4. The van der Waals surface area contributed by atoms with Gasteiger partial charge in [-0.3, -0.25) is 0 Å². The van der Waals surface area contributed by atoms with Crippen molar-refractivity contribution in [2.75, 3.05) is 6.61 Å². The minimum atomic E-state index is 0. The first-order valence-corrected chi connectivity index (χ1v) is 10.4. The second-order valence-corrected chi connectivity index (χ2v) is 6.61. The monoisotopic (exact) mass is 391 g/mol. The average Bonchev–Trinajstić information content (AvgIpc) is 2.69. The van der Waals surface area contributed by atoms with Gasteiger partial charge in [0.15, 0.2) is 0 Å². The smallest absolute Gasteiger partial charge is 0.0402 e. The number of rotatable bonds is 11. The summed E-state index contributed by atoms with van der Waals surface area (Å²) >= 11 is 0. The van der Waals surface area contributed by atoms with Crippen LogP contribution in [0.1, 0.15) is 74.1 Å². The number of aliphatic hydroxyl groups excluding tert-OH is 1. The molecule has 0 fully saturated rings. The molecule has 2 unspecified atom stereocenters. The van der Waals surface area contributed by atoms with Crippen LogP contribution in [0.5, 0.6) is 0 Å². The number of hydrogen-bond acceptors (Lipinski definition) is 2. The molecule has 0 spiro atoms. The maximum Gasteiger partial charge on any atom is 0.0402 e. The van der Waals surface area contributed by atoms with E-state index in [0.29, 0.717) is 5.92 Å². The molecule has 0 bridgehead atoms. The van der Waals surface area contributed by atoms with Gasteiger partial charge in [-0.2, -0.15) is 0 Å². The van der Waals surface area contributed by atoms with E-state index in [2.05, 4.69) is 60.1 Å². The average molecular weight is 392 g/mol. The molecular formula is C26H49NO. The molecule has 28 heavy (non-hydrogen) atoms. The van der Waals surface area contributed by atoms with Gasteiger partial charge in [0.25, 0.3) is 0 Å². The highest BCUT2D eigenvalue weighted by Crippen LogP contribution is 2.21. The Labute approximate surface area is 177 Å². The normalized spacial score (nSPS) is 12.0. The summed E-state index contributed by atoms with van der Waals surface area (Å²) in [5.74, 6) is 1.31. The number of allylic oxidation sites excluding steroid dienone is 8. The Kier molecular flexibility index (Phi) is 28.3. The third-order valence-corrected chi connectivity index (χ3v) is 4.31. The molecule has 0 aliphatic heterocycles. The van der Waals surface area contributed by atoms with Crippen molar-refractivity contribution in [1.29, 1.82) is 0 Å². The molecule has 0 amide bonds. The van der Waals surface area contributed by atoms with E-state index in [1.807, 2.05) is 32.1 Å². The Balaban J connectivity index is -0.000000434. The van der Waals surface area contributed by atoms with Crippen molar-refractivity contribution >= 4 is 0 Å². The van der Waals surface area contributed by atoms with Gasteiger partial charge in [-0.15, -0.1) is 0 Å². The minimum absolute atomic E-state index is 0. The van der Waals surface area contributed by atoms with Gasteiger partial charge in [-0.05, 0) is 42.7 Å². The van der Waals surface area contributed by atoms with Crippen molar-refractivity contribution in [2.24, 2.45) is 11.8 Å². The van der Waals surface area contributed by atoms with Crippen LogP contribution in [-0.4, -0.2) is 11.7 Å². The molecule has 2 nitrogen and oxygen atoms in total. The Morgan fingerprint density at radius 1 is 0.821 bits per heavy atom. The largest absolute Gasteiger partial charge is 0.397 e. The summed E-state index contributed by atoms with van der Waals surface area (Å²) < 4.78 is 0. The van der Waals surface area contributed by atoms with Gasteiger partial charge in [-0.1, -0.05) is 116 Å². The van der Waals surface area contributed by atoms with Gasteiger partial charge in [0.2, 0.25) is 0 Å². The van der Waals surface area contributed by atoms with Crippen molar-refractivity contribution in [3.8, 4) is 0 Å². The quantitative estimate of drug-likeness (QED) is 0.347. The summed E-state index contributed by atoms with van der Waals surface area (Å²) in [6.07, 6.45) is 12.7. The molecule has 4 N–H and O–H groups in total. The zero-order valence-electron chi connectivity index (χ0n) is 20.0. The van der Waals surface area contributed by atoms with Crippen LogP contribution in [0.15, 0.2) is 72.9 Å². The maximum absolute atomic E-state index is 7.57. The van der Waals surface area contributed by atoms with Crippen LogP contribution in [0.4, 0.5) is 0 Å². The molecule has 2 heteroatoms. The summed E-state index contributed by atoms with van der Waals surface area (Å²) in [4.78, 5) is 0. The molecule has 0 aliphatic carbocycles. The van der Waals surface area contributed by atoms with E-state index in [-0.39, 0.29) is 12.8 Å². The van der Waals surface area contributed by atoms with Crippen LogP contribution < -0.4 is 6.15 Å². The lowest BCUT2D eigenvalue weighted by Gasteiger charge is -2.14. The van der Waals surface area contributed by atoms with Gasteiger partial charge < -0.3 is 11.3 Å². The lowest BCUT2D eigenvalue weighted by Crippen LogP contribution is -2.00. The molecule has 0 aromatic rings. The maximum atomic E-state index is 7.57. The molecule has 164 valence electrons. The first kappa shape index (κ1) is 33.9. The Morgan fingerprint density at radius 3 is 1.64 bits per heavy atom. The summed E-state index contributed by atoms with van der Waals surface area (Å²) in [5.41, 5.74) is 4.11. The van der Waals surface area contributed by atoms with Crippen molar-refractivity contribution in [3.05, 3.63) is 72.9 Å². The highest BCUT2D eigenvalue weighted by Gasteiger charge is 2.07. The zero-order chi connectivity index (χ0) is 21.8. The van der Waals surface area contributed by atoms with E-state index >= 15 is 0 Å². The van der Waals surface area contributed by atoms with Crippen molar-refractivity contribution in [3.63, 3.8) is 0 Å². The number of hydrogen-bond donors (Lipinski definition) is 2. The van der Waals surface area contributed by atoms with Crippen LogP contribution in [0.2, 0.25) is 0 Å². The fourth-order valence-electron chi connectivity index (χ4n) is 1.85. The van der Waals surface area contributed by atoms with Gasteiger partial charge in [0, 0.05) is 6.61 Å². The van der Waals surface area contributed by atoms with Crippen LogP contribution in [0, 0.1) is 11.8 Å². The first-order chi connectivity index (χ1) is 12.7. The second kappa shape index (κ2) is 23.4. The summed E-state index contributed by atoms with van der Waals surface area (Å²) in [6.45, 7) is 31.1. The predicted molar refractivity (Wildman–Crippen MR) is 132 cm³/mol. The van der Waals surface area contributed by atoms with Crippen LogP contribution in [-0.2, 0) is 0 Å². The van der Waals surface area contributed by atoms with Crippen molar-refractivity contribution in [2.45, 2.75) is 74.1 Å². The molecule has 2 atom stereocenters. The summed E-state index contributed by atoms with van der Waals surface area (Å²) in [6, 6.07) is 0. The lowest BCUT2D eigenvalue weighted by molar-refractivity contribution is 0.318. The zero-order valence-corrected chi connectivity index (χ0v) is 20.0. The molecular weight excluding hydrogens is 342 g/mol. The molecule has 0 aromatic carbocycles. The van der Waals surface area contributed by atoms with Crippen molar-refractivity contribution < 1.29 is 5.11 Å². The summed E-state index contributed by atoms with van der Waals surface area (Å²) in [5, 5.41) is 7.57. The van der Waals surface area contributed by atoms with Gasteiger partial charge in [-0.25, -0.2) is 0 Å². The number of aliphatic hydroxyl groups is 1. The summed E-state index contributed by atoms with van der Waals surface area (Å²) in [7, 11) is 0. The lowest BCUT2D eigenvalue weighted by atomic mass is 9.91. The van der Waals surface area contributed by atoms with E-state index in [4.69, 9.17) is 5.11 Å². The Morgan fingerprint density at radius 2 is 1.25 bits per heavy atom. The van der Waals surface area contributed by atoms with Crippen molar-refractivity contribution in [1.82, 2.24) is 6.15 Å². The highest BCUT2D eigenvalue weighted by molar-refractivity contribution is 5.45. The minimum Gasteiger partial charge on any atom is -0.397 e. The third-order valence-electron chi connectivity index (χ3n) is 4.31. The van der Waals surface area contributed by atoms with Gasteiger partial charge in [0.05, 0.1) is 0 Å². The van der Waals surface area contributed by atoms with Crippen LogP contribution in [0.3, 0.4) is 0 Å². The molecule has 0 saturated carbocycles. The highest BCUT2D eigenvalue weighted by atomic mass is 16.2. The molecule has 0 radical (unpaired) electrons.